The van der Waals surface area contributed by atoms with Crippen LogP contribution in [-0.4, -0.2) is 35.5 Å². The summed E-state index contributed by atoms with van der Waals surface area (Å²) in [4.78, 5) is 2.48. The second-order valence-electron chi connectivity index (χ2n) is 4.51. The first-order valence-corrected chi connectivity index (χ1v) is 7.54. The van der Waals surface area contributed by atoms with Gasteiger partial charge in [-0.3, -0.25) is 4.90 Å². The fourth-order valence-electron chi connectivity index (χ4n) is 2.39. The van der Waals surface area contributed by atoms with Crippen molar-refractivity contribution in [2.24, 2.45) is 5.73 Å². The van der Waals surface area contributed by atoms with Crippen LogP contribution >= 0.6 is 23.4 Å². The van der Waals surface area contributed by atoms with E-state index in [4.69, 9.17) is 17.3 Å². The Morgan fingerprint density at radius 1 is 1.35 bits per heavy atom. The third-order valence-electron chi connectivity index (χ3n) is 3.13. The van der Waals surface area contributed by atoms with Crippen LogP contribution in [0.2, 0.25) is 5.02 Å². The van der Waals surface area contributed by atoms with Gasteiger partial charge in [-0.1, -0.05) is 23.7 Å². The summed E-state index contributed by atoms with van der Waals surface area (Å²) in [6.45, 7) is 4.31. The van der Waals surface area contributed by atoms with E-state index in [1.165, 1.54) is 17.1 Å². The minimum absolute atomic E-state index is 0.122. The summed E-state index contributed by atoms with van der Waals surface area (Å²) < 4.78 is 0. The van der Waals surface area contributed by atoms with Crippen molar-refractivity contribution >= 4 is 23.4 Å². The summed E-state index contributed by atoms with van der Waals surface area (Å²) >= 11 is 8.09. The topological polar surface area (TPSA) is 29.3 Å². The lowest BCUT2D eigenvalue weighted by atomic mass is 9.99. The van der Waals surface area contributed by atoms with Crippen molar-refractivity contribution in [2.45, 2.75) is 19.0 Å². The SMILES string of the molecule is CC(N)C(c1cccc(Cl)c1)N1CCSCC1. The number of thioether (sulfide) groups is 1. The third kappa shape index (κ3) is 3.38. The quantitative estimate of drug-likeness (QED) is 0.916. The molecule has 0 radical (unpaired) electrons. The molecule has 1 aromatic rings. The number of hydrogen-bond acceptors (Lipinski definition) is 3. The fourth-order valence-corrected chi connectivity index (χ4v) is 3.52. The highest BCUT2D eigenvalue weighted by atomic mass is 35.5. The molecule has 17 heavy (non-hydrogen) atoms. The van der Waals surface area contributed by atoms with Crippen molar-refractivity contribution in [3.63, 3.8) is 0 Å². The predicted molar refractivity (Wildman–Crippen MR) is 76.7 cm³/mol. The largest absolute Gasteiger partial charge is 0.326 e. The van der Waals surface area contributed by atoms with Crippen LogP contribution in [0.25, 0.3) is 0 Å². The van der Waals surface area contributed by atoms with Gasteiger partial charge < -0.3 is 5.73 Å². The van der Waals surface area contributed by atoms with Crippen molar-refractivity contribution in [3.8, 4) is 0 Å². The van der Waals surface area contributed by atoms with Crippen LogP contribution in [-0.2, 0) is 0 Å². The Morgan fingerprint density at radius 3 is 2.65 bits per heavy atom. The molecule has 1 fully saturated rings. The molecule has 1 aliphatic heterocycles. The minimum Gasteiger partial charge on any atom is -0.326 e. The Labute approximate surface area is 113 Å². The van der Waals surface area contributed by atoms with Crippen LogP contribution in [0.5, 0.6) is 0 Å². The number of hydrogen-bond donors (Lipinski definition) is 1. The van der Waals surface area contributed by atoms with Gasteiger partial charge >= 0.3 is 0 Å². The number of nitrogens with two attached hydrogens (primary N) is 1. The highest BCUT2D eigenvalue weighted by Gasteiger charge is 2.25. The molecule has 1 heterocycles. The summed E-state index contributed by atoms with van der Waals surface area (Å²) in [5.41, 5.74) is 7.39. The summed E-state index contributed by atoms with van der Waals surface area (Å²) in [7, 11) is 0. The molecule has 2 N–H and O–H groups in total. The second kappa shape index (κ2) is 6.10. The maximum atomic E-state index is 6.16. The van der Waals surface area contributed by atoms with E-state index in [1.54, 1.807) is 0 Å². The molecular formula is C13H19ClN2S. The molecule has 1 saturated heterocycles. The van der Waals surface area contributed by atoms with Crippen LogP contribution in [0, 0.1) is 0 Å². The first-order valence-electron chi connectivity index (χ1n) is 6.01. The Morgan fingerprint density at radius 2 is 2.06 bits per heavy atom. The third-order valence-corrected chi connectivity index (χ3v) is 4.30. The van der Waals surface area contributed by atoms with E-state index in [1.807, 2.05) is 30.0 Å². The van der Waals surface area contributed by atoms with Crippen LogP contribution in [0.15, 0.2) is 24.3 Å². The van der Waals surface area contributed by atoms with E-state index in [0.29, 0.717) is 0 Å². The van der Waals surface area contributed by atoms with Gasteiger partial charge in [-0.05, 0) is 24.6 Å². The van der Waals surface area contributed by atoms with Gasteiger partial charge in [-0.2, -0.15) is 11.8 Å². The Kier molecular flexibility index (Phi) is 4.74. The maximum absolute atomic E-state index is 6.16. The number of halogens is 1. The van der Waals surface area contributed by atoms with Gasteiger partial charge in [0, 0.05) is 41.7 Å². The van der Waals surface area contributed by atoms with Crippen LogP contribution in [0.4, 0.5) is 0 Å². The molecule has 2 nitrogen and oxygen atoms in total. The Bertz CT molecular complexity index is 364. The molecule has 2 atom stereocenters. The van der Waals surface area contributed by atoms with E-state index < -0.39 is 0 Å². The van der Waals surface area contributed by atoms with Crippen molar-refractivity contribution < 1.29 is 0 Å². The van der Waals surface area contributed by atoms with Gasteiger partial charge in [-0.15, -0.1) is 0 Å². The zero-order chi connectivity index (χ0) is 12.3. The van der Waals surface area contributed by atoms with Gasteiger partial charge in [0.25, 0.3) is 0 Å². The molecule has 0 saturated carbocycles. The number of benzene rings is 1. The van der Waals surface area contributed by atoms with Crippen LogP contribution in [0.1, 0.15) is 18.5 Å². The molecule has 0 aromatic heterocycles. The predicted octanol–water partition coefficient (Wildman–Crippen LogP) is 2.78. The highest BCUT2D eigenvalue weighted by Crippen LogP contribution is 2.27. The average molecular weight is 271 g/mol. The zero-order valence-electron chi connectivity index (χ0n) is 10.1. The molecule has 0 bridgehead atoms. The van der Waals surface area contributed by atoms with Gasteiger partial charge in [0.1, 0.15) is 0 Å². The molecule has 1 aliphatic rings. The lowest BCUT2D eigenvalue weighted by Crippen LogP contribution is -2.43. The highest BCUT2D eigenvalue weighted by molar-refractivity contribution is 7.99. The fraction of sp³-hybridized carbons (Fsp3) is 0.538. The van der Waals surface area contributed by atoms with Crippen molar-refractivity contribution in [3.05, 3.63) is 34.9 Å². The number of nitrogens with zero attached hydrogens (tertiary/aromatic N) is 1. The Balaban J connectivity index is 2.21. The van der Waals surface area contributed by atoms with E-state index in [2.05, 4.69) is 17.9 Å². The second-order valence-corrected chi connectivity index (χ2v) is 6.17. The first kappa shape index (κ1) is 13.2. The van der Waals surface area contributed by atoms with E-state index in [9.17, 15) is 0 Å². The monoisotopic (exact) mass is 270 g/mol. The van der Waals surface area contributed by atoms with Crippen molar-refractivity contribution in [1.29, 1.82) is 0 Å². The molecule has 94 valence electrons. The average Bonchev–Trinajstić information content (AvgIpc) is 2.30. The molecule has 2 unspecified atom stereocenters. The summed E-state index contributed by atoms with van der Waals surface area (Å²) in [5, 5.41) is 0.791. The molecule has 4 heteroatoms. The molecule has 0 aliphatic carbocycles. The van der Waals surface area contributed by atoms with E-state index in [0.717, 1.165) is 18.1 Å². The minimum atomic E-state index is 0.122. The van der Waals surface area contributed by atoms with Crippen molar-refractivity contribution in [2.75, 3.05) is 24.6 Å². The summed E-state index contributed by atoms with van der Waals surface area (Å²) in [5.74, 6) is 2.40. The van der Waals surface area contributed by atoms with Crippen LogP contribution in [0.3, 0.4) is 0 Å². The lowest BCUT2D eigenvalue weighted by molar-refractivity contribution is 0.195. The smallest absolute Gasteiger partial charge is 0.0497 e. The van der Waals surface area contributed by atoms with Gasteiger partial charge in [-0.25, -0.2) is 0 Å². The summed E-state index contributed by atoms with van der Waals surface area (Å²) in [6, 6.07) is 8.49. The molecule has 0 spiro atoms. The van der Waals surface area contributed by atoms with Crippen molar-refractivity contribution in [1.82, 2.24) is 4.90 Å². The molecule has 2 rings (SSSR count). The summed E-state index contributed by atoms with van der Waals surface area (Å²) in [6.07, 6.45) is 0. The van der Waals surface area contributed by atoms with Gasteiger partial charge in [0.15, 0.2) is 0 Å². The Hall–Kier alpha value is -0.220. The molecular weight excluding hydrogens is 252 g/mol. The van der Waals surface area contributed by atoms with E-state index in [-0.39, 0.29) is 12.1 Å². The van der Waals surface area contributed by atoms with Gasteiger partial charge in [0.2, 0.25) is 0 Å². The first-order chi connectivity index (χ1) is 8.18. The van der Waals surface area contributed by atoms with Gasteiger partial charge in [0.05, 0.1) is 0 Å². The maximum Gasteiger partial charge on any atom is 0.0497 e. The normalized spacial score (nSPS) is 21.1. The standard InChI is InChI=1S/C13H19ClN2S/c1-10(15)13(16-5-7-17-8-6-16)11-3-2-4-12(14)9-11/h2-4,9-10,13H,5-8,15H2,1H3. The molecule has 1 aromatic carbocycles. The zero-order valence-corrected chi connectivity index (χ0v) is 11.7. The lowest BCUT2D eigenvalue weighted by Gasteiger charge is -2.37. The van der Waals surface area contributed by atoms with Crippen LogP contribution < -0.4 is 5.73 Å². The van der Waals surface area contributed by atoms with E-state index >= 15 is 0 Å². The number of rotatable bonds is 3. The molecule has 0 amide bonds.